The predicted octanol–water partition coefficient (Wildman–Crippen LogP) is 1.62. The van der Waals surface area contributed by atoms with Crippen LogP contribution in [0.2, 0.25) is 5.02 Å². The van der Waals surface area contributed by atoms with Crippen molar-refractivity contribution in [1.29, 1.82) is 0 Å². The van der Waals surface area contributed by atoms with Crippen molar-refractivity contribution in [2.75, 3.05) is 30.4 Å². The Labute approximate surface area is 128 Å². The van der Waals surface area contributed by atoms with Gasteiger partial charge in [0.2, 0.25) is 11.8 Å². The molecule has 1 atom stereocenters. The highest BCUT2D eigenvalue weighted by atomic mass is 35.5. The normalized spacial score (nSPS) is 18.1. The van der Waals surface area contributed by atoms with Gasteiger partial charge in [-0.3, -0.25) is 9.59 Å². The molecule has 2 amide bonds. The summed E-state index contributed by atoms with van der Waals surface area (Å²) < 4.78 is 5.30. The monoisotopic (exact) mass is 311 g/mol. The Bertz CT molecular complexity index is 530. The van der Waals surface area contributed by atoms with Crippen LogP contribution in [0.25, 0.3) is 0 Å². The first-order valence-electron chi connectivity index (χ1n) is 6.72. The summed E-state index contributed by atoms with van der Waals surface area (Å²) in [5, 5.41) is 9.04. The first kappa shape index (κ1) is 15.8. The number of hydrogen-bond acceptors (Lipinski definition) is 4. The fourth-order valence-corrected chi connectivity index (χ4v) is 2.24. The molecule has 0 aliphatic carbocycles. The number of halogens is 1. The Morgan fingerprint density at radius 1 is 1.43 bits per heavy atom. The Hall–Kier alpha value is -1.63. The van der Waals surface area contributed by atoms with Crippen LogP contribution in [0.15, 0.2) is 18.2 Å². The van der Waals surface area contributed by atoms with Gasteiger partial charge in [-0.05, 0) is 18.2 Å². The van der Waals surface area contributed by atoms with Crippen LogP contribution in [0, 0.1) is 0 Å². The van der Waals surface area contributed by atoms with Gasteiger partial charge in [-0.15, -0.1) is 0 Å². The quantitative estimate of drug-likeness (QED) is 0.789. The molecular formula is C14H18ClN3O3. The molecule has 0 aromatic heterocycles. The Morgan fingerprint density at radius 3 is 2.90 bits per heavy atom. The summed E-state index contributed by atoms with van der Waals surface area (Å²) in [6.07, 6.45) is 0.331. The number of amides is 2. The third kappa shape index (κ3) is 5.00. The van der Waals surface area contributed by atoms with E-state index in [1.807, 2.05) is 0 Å². The average Bonchev–Trinajstić information content (AvgIpc) is 2.43. The summed E-state index contributed by atoms with van der Waals surface area (Å²) in [6.45, 7) is 3.36. The van der Waals surface area contributed by atoms with Crippen LogP contribution in [0.5, 0.6) is 0 Å². The molecule has 1 fully saturated rings. The second-order valence-electron chi connectivity index (χ2n) is 4.85. The van der Waals surface area contributed by atoms with Gasteiger partial charge < -0.3 is 20.7 Å². The van der Waals surface area contributed by atoms with E-state index in [0.717, 1.165) is 6.54 Å². The maximum atomic E-state index is 12.0. The fraction of sp³-hybridized carbons (Fsp3) is 0.429. The van der Waals surface area contributed by atoms with Crippen LogP contribution in [0.3, 0.4) is 0 Å². The first-order valence-corrected chi connectivity index (χ1v) is 7.10. The van der Waals surface area contributed by atoms with E-state index in [-0.39, 0.29) is 17.9 Å². The lowest BCUT2D eigenvalue weighted by atomic mass is 10.2. The molecule has 1 unspecified atom stereocenters. The zero-order valence-electron chi connectivity index (χ0n) is 11.7. The summed E-state index contributed by atoms with van der Waals surface area (Å²) >= 11 is 5.98. The third-order valence-corrected chi connectivity index (χ3v) is 3.32. The van der Waals surface area contributed by atoms with Crippen LogP contribution in [0.4, 0.5) is 11.4 Å². The number of carbonyl (C=O) groups excluding carboxylic acids is 2. The molecule has 1 saturated heterocycles. The molecule has 1 aromatic carbocycles. The van der Waals surface area contributed by atoms with Crippen molar-refractivity contribution in [2.24, 2.45) is 0 Å². The number of morpholine rings is 1. The lowest BCUT2D eigenvalue weighted by molar-refractivity contribution is -0.117. The van der Waals surface area contributed by atoms with Gasteiger partial charge >= 0.3 is 0 Å². The molecule has 0 radical (unpaired) electrons. The number of anilines is 2. The lowest BCUT2D eigenvalue weighted by Crippen LogP contribution is -2.43. The number of benzene rings is 1. The van der Waals surface area contributed by atoms with Crippen LogP contribution in [-0.4, -0.2) is 37.6 Å². The van der Waals surface area contributed by atoms with Crippen LogP contribution < -0.4 is 16.0 Å². The van der Waals surface area contributed by atoms with Crippen molar-refractivity contribution < 1.29 is 14.3 Å². The smallest absolute Gasteiger partial charge is 0.226 e. The van der Waals surface area contributed by atoms with E-state index < -0.39 is 0 Å². The molecule has 3 N–H and O–H groups in total. The van der Waals surface area contributed by atoms with Gasteiger partial charge in [-0.1, -0.05) is 11.6 Å². The number of ether oxygens (including phenoxy) is 1. The van der Waals surface area contributed by atoms with E-state index in [1.54, 1.807) is 18.2 Å². The number of carbonyl (C=O) groups is 2. The average molecular weight is 312 g/mol. The van der Waals surface area contributed by atoms with E-state index in [9.17, 15) is 9.59 Å². The molecule has 7 heteroatoms. The molecule has 114 valence electrons. The Balaban J connectivity index is 1.95. The standard InChI is InChI=1S/C14H18ClN3O3/c1-9(19)17-13-6-10(2-3-12(13)15)18-14(20)7-11-8-21-5-4-16-11/h2-3,6,11,16H,4-5,7-8H2,1H3,(H,17,19)(H,18,20). The van der Waals surface area contributed by atoms with E-state index in [0.29, 0.717) is 36.0 Å². The van der Waals surface area contributed by atoms with Gasteiger partial charge in [-0.25, -0.2) is 0 Å². The number of hydrogen-bond donors (Lipinski definition) is 3. The molecule has 1 heterocycles. The molecule has 1 aliphatic heterocycles. The minimum atomic E-state index is -0.219. The van der Waals surface area contributed by atoms with E-state index in [1.165, 1.54) is 6.92 Å². The minimum Gasteiger partial charge on any atom is -0.378 e. The zero-order chi connectivity index (χ0) is 15.2. The summed E-state index contributed by atoms with van der Waals surface area (Å²) in [6, 6.07) is 4.98. The highest BCUT2D eigenvalue weighted by Crippen LogP contribution is 2.25. The van der Waals surface area contributed by atoms with Gasteiger partial charge in [0, 0.05) is 31.6 Å². The van der Waals surface area contributed by atoms with Crippen molar-refractivity contribution in [3.63, 3.8) is 0 Å². The molecule has 0 bridgehead atoms. The molecule has 0 saturated carbocycles. The summed E-state index contributed by atoms with van der Waals surface area (Å²) in [7, 11) is 0. The van der Waals surface area contributed by atoms with Crippen molar-refractivity contribution in [3.05, 3.63) is 23.2 Å². The molecule has 1 aliphatic rings. The topological polar surface area (TPSA) is 79.5 Å². The molecule has 2 rings (SSSR count). The van der Waals surface area contributed by atoms with Crippen LogP contribution in [0.1, 0.15) is 13.3 Å². The third-order valence-electron chi connectivity index (χ3n) is 2.99. The molecule has 6 nitrogen and oxygen atoms in total. The highest BCUT2D eigenvalue weighted by molar-refractivity contribution is 6.33. The SMILES string of the molecule is CC(=O)Nc1cc(NC(=O)CC2COCCN2)ccc1Cl. The van der Waals surface area contributed by atoms with Gasteiger partial charge in [0.05, 0.1) is 23.9 Å². The van der Waals surface area contributed by atoms with Gasteiger partial charge in [0.15, 0.2) is 0 Å². The van der Waals surface area contributed by atoms with Crippen molar-refractivity contribution in [1.82, 2.24) is 5.32 Å². The second-order valence-corrected chi connectivity index (χ2v) is 5.26. The van der Waals surface area contributed by atoms with Crippen molar-refractivity contribution in [2.45, 2.75) is 19.4 Å². The maximum Gasteiger partial charge on any atom is 0.226 e. The summed E-state index contributed by atoms with van der Waals surface area (Å²) in [4.78, 5) is 23.1. The largest absolute Gasteiger partial charge is 0.378 e. The van der Waals surface area contributed by atoms with Crippen LogP contribution in [-0.2, 0) is 14.3 Å². The van der Waals surface area contributed by atoms with Gasteiger partial charge in [0.1, 0.15) is 0 Å². The molecule has 1 aromatic rings. The predicted molar refractivity (Wildman–Crippen MR) is 81.6 cm³/mol. The Morgan fingerprint density at radius 2 is 2.24 bits per heavy atom. The van der Waals surface area contributed by atoms with E-state index >= 15 is 0 Å². The lowest BCUT2D eigenvalue weighted by Gasteiger charge is -2.23. The first-order chi connectivity index (χ1) is 10.0. The van der Waals surface area contributed by atoms with E-state index in [2.05, 4.69) is 16.0 Å². The second kappa shape index (κ2) is 7.40. The Kier molecular flexibility index (Phi) is 5.55. The highest BCUT2D eigenvalue weighted by Gasteiger charge is 2.17. The van der Waals surface area contributed by atoms with Crippen LogP contribution >= 0.6 is 11.6 Å². The molecule has 0 spiro atoms. The van der Waals surface area contributed by atoms with Gasteiger partial charge in [-0.2, -0.15) is 0 Å². The minimum absolute atomic E-state index is 0.0286. The van der Waals surface area contributed by atoms with Gasteiger partial charge in [0.25, 0.3) is 0 Å². The van der Waals surface area contributed by atoms with E-state index in [4.69, 9.17) is 16.3 Å². The zero-order valence-corrected chi connectivity index (χ0v) is 12.5. The number of nitrogens with one attached hydrogen (secondary N) is 3. The summed E-state index contributed by atoms with van der Waals surface area (Å²) in [5.41, 5.74) is 1.06. The van der Waals surface area contributed by atoms with Crippen molar-refractivity contribution in [3.8, 4) is 0 Å². The maximum absolute atomic E-state index is 12.0. The fourth-order valence-electron chi connectivity index (χ4n) is 2.08. The number of rotatable bonds is 4. The molecule has 21 heavy (non-hydrogen) atoms. The summed E-state index contributed by atoms with van der Waals surface area (Å²) in [5.74, 6) is -0.335. The molecular weight excluding hydrogens is 294 g/mol. The van der Waals surface area contributed by atoms with Crippen molar-refractivity contribution >= 4 is 34.8 Å².